The van der Waals surface area contributed by atoms with Crippen molar-refractivity contribution in [2.75, 3.05) is 4.43 Å². The Morgan fingerprint density at radius 3 is 2.19 bits per heavy atom. The van der Waals surface area contributed by atoms with E-state index in [4.69, 9.17) is 0 Å². The third-order valence-corrected chi connectivity index (χ3v) is 3.82. The summed E-state index contributed by atoms with van der Waals surface area (Å²) in [5.41, 5.74) is -0.601. The summed E-state index contributed by atoms with van der Waals surface area (Å²) in [6.45, 7) is 7.99. The zero-order valence-corrected chi connectivity index (χ0v) is 12.5. The molecule has 0 aromatic rings. The van der Waals surface area contributed by atoms with E-state index in [1.807, 2.05) is 27.7 Å². The number of hydroxylamine groups is 2. The largest absolute Gasteiger partial charge is 0.353 e. The molecule has 0 bridgehead atoms. The highest BCUT2D eigenvalue weighted by Crippen LogP contribution is 2.36. The molecular formula is C11H21IN2O2. The highest BCUT2D eigenvalue weighted by atomic mass is 127. The number of hydrogen-bond donors (Lipinski definition) is 2. The summed E-state index contributed by atoms with van der Waals surface area (Å²) in [5, 5.41) is 14.5. The number of rotatable bonds is 2. The van der Waals surface area contributed by atoms with Gasteiger partial charge < -0.3 is 10.5 Å². The molecule has 0 saturated carbocycles. The third-order valence-electron chi connectivity index (χ3n) is 3.13. The molecule has 1 aliphatic rings. The van der Waals surface area contributed by atoms with E-state index in [-0.39, 0.29) is 23.0 Å². The summed E-state index contributed by atoms with van der Waals surface area (Å²) in [6, 6.07) is 0.149. The molecule has 1 heterocycles. The van der Waals surface area contributed by atoms with Gasteiger partial charge in [0.2, 0.25) is 5.91 Å². The van der Waals surface area contributed by atoms with E-state index in [0.29, 0.717) is 4.43 Å². The molecule has 0 radical (unpaired) electrons. The number of amides is 1. The standard InChI is InChI=1S/C11H21IN2O2/c1-10(2)5-8(13-9(15)7-12)6-11(3,4)14(10)16/h8,16H,5-7H2,1-4H3,(H,13,15). The lowest BCUT2D eigenvalue weighted by molar-refractivity contribution is -0.246. The van der Waals surface area contributed by atoms with Gasteiger partial charge in [0.1, 0.15) is 0 Å². The van der Waals surface area contributed by atoms with Crippen molar-refractivity contribution in [1.82, 2.24) is 10.4 Å². The van der Waals surface area contributed by atoms with Gasteiger partial charge in [-0.05, 0) is 40.5 Å². The van der Waals surface area contributed by atoms with Crippen LogP contribution in [-0.4, -0.2) is 37.7 Å². The Balaban J connectivity index is 2.75. The van der Waals surface area contributed by atoms with Crippen LogP contribution in [0.15, 0.2) is 0 Å². The fourth-order valence-electron chi connectivity index (χ4n) is 2.64. The molecule has 1 aliphatic heterocycles. The zero-order valence-electron chi connectivity index (χ0n) is 10.4. The van der Waals surface area contributed by atoms with Gasteiger partial charge in [0, 0.05) is 17.1 Å². The summed E-state index contributed by atoms with van der Waals surface area (Å²) >= 11 is 2.06. The minimum Gasteiger partial charge on any atom is -0.353 e. The fraction of sp³-hybridized carbons (Fsp3) is 0.909. The molecule has 0 aliphatic carbocycles. The normalized spacial score (nSPS) is 25.4. The van der Waals surface area contributed by atoms with Crippen LogP contribution in [0.4, 0.5) is 0 Å². The summed E-state index contributed by atoms with van der Waals surface area (Å²) < 4.78 is 0.484. The van der Waals surface area contributed by atoms with Crippen molar-refractivity contribution in [2.24, 2.45) is 0 Å². The summed E-state index contributed by atoms with van der Waals surface area (Å²) in [4.78, 5) is 11.4. The zero-order chi connectivity index (χ0) is 12.6. The predicted octanol–water partition coefficient (Wildman–Crippen LogP) is 1.95. The number of hydrogen-bond acceptors (Lipinski definition) is 3. The van der Waals surface area contributed by atoms with Crippen molar-refractivity contribution in [3.63, 3.8) is 0 Å². The Labute approximate surface area is 111 Å². The van der Waals surface area contributed by atoms with Gasteiger partial charge >= 0.3 is 0 Å². The molecule has 0 unspecified atom stereocenters. The fourth-order valence-corrected chi connectivity index (χ4v) is 2.86. The molecule has 0 spiro atoms. The Morgan fingerprint density at radius 1 is 1.38 bits per heavy atom. The molecule has 2 N–H and O–H groups in total. The van der Waals surface area contributed by atoms with Gasteiger partial charge in [-0.25, -0.2) is 0 Å². The molecule has 0 atom stereocenters. The summed E-state index contributed by atoms with van der Waals surface area (Å²) in [5.74, 6) is 0.0728. The Bertz CT molecular complexity index is 261. The summed E-state index contributed by atoms with van der Waals surface area (Å²) in [6.07, 6.45) is 1.55. The van der Waals surface area contributed by atoms with Crippen LogP contribution in [0.3, 0.4) is 0 Å². The van der Waals surface area contributed by atoms with E-state index in [2.05, 4.69) is 27.9 Å². The second-order valence-corrected chi connectivity index (χ2v) is 6.51. The van der Waals surface area contributed by atoms with Crippen molar-refractivity contribution in [3.8, 4) is 0 Å². The molecule has 4 nitrogen and oxygen atoms in total. The topological polar surface area (TPSA) is 52.6 Å². The molecule has 94 valence electrons. The van der Waals surface area contributed by atoms with E-state index in [0.717, 1.165) is 12.8 Å². The molecule has 5 heteroatoms. The third kappa shape index (κ3) is 3.07. The number of piperidine rings is 1. The maximum atomic E-state index is 11.4. The molecular weight excluding hydrogens is 319 g/mol. The smallest absolute Gasteiger partial charge is 0.230 e. The monoisotopic (exact) mass is 340 g/mol. The highest BCUT2D eigenvalue weighted by Gasteiger charge is 2.45. The minimum atomic E-state index is -0.301. The van der Waals surface area contributed by atoms with Gasteiger partial charge in [-0.3, -0.25) is 4.79 Å². The maximum Gasteiger partial charge on any atom is 0.230 e. The van der Waals surface area contributed by atoms with Gasteiger partial charge in [0.25, 0.3) is 0 Å². The van der Waals surface area contributed by atoms with E-state index in [1.165, 1.54) is 5.06 Å². The van der Waals surface area contributed by atoms with Crippen LogP contribution in [0.1, 0.15) is 40.5 Å². The van der Waals surface area contributed by atoms with Crippen LogP contribution in [0, 0.1) is 0 Å². The van der Waals surface area contributed by atoms with Crippen LogP contribution in [0.2, 0.25) is 0 Å². The number of nitrogens with zero attached hydrogens (tertiary/aromatic N) is 1. The molecule has 0 aromatic heterocycles. The lowest BCUT2D eigenvalue weighted by Gasteiger charge is -2.51. The van der Waals surface area contributed by atoms with Crippen molar-refractivity contribution in [2.45, 2.75) is 57.7 Å². The lowest BCUT2D eigenvalue weighted by Crippen LogP contribution is -2.63. The first-order chi connectivity index (χ1) is 7.19. The number of nitrogens with one attached hydrogen (secondary N) is 1. The van der Waals surface area contributed by atoms with Crippen molar-refractivity contribution in [1.29, 1.82) is 0 Å². The van der Waals surface area contributed by atoms with Crippen LogP contribution < -0.4 is 5.32 Å². The second kappa shape index (κ2) is 4.78. The summed E-state index contributed by atoms with van der Waals surface area (Å²) in [7, 11) is 0. The molecule has 16 heavy (non-hydrogen) atoms. The van der Waals surface area contributed by atoms with Gasteiger partial charge in [-0.15, -0.1) is 0 Å². The molecule has 1 amide bonds. The Hall–Kier alpha value is 0.120. The van der Waals surface area contributed by atoms with Crippen LogP contribution >= 0.6 is 22.6 Å². The number of halogens is 1. The van der Waals surface area contributed by atoms with Crippen LogP contribution in [-0.2, 0) is 4.79 Å². The molecule has 0 aromatic carbocycles. The van der Waals surface area contributed by atoms with Crippen molar-refractivity contribution >= 4 is 28.5 Å². The SMILES string of the molecule is CC1(C)CC(NC(=O)CI)CC(C)(C)N1O. The first kappa shape index (κ1) is 14.2. The Morgan fingerprint density at radius 2 is 1.81 bits per heavy atom. The van der Waals surface area contributed by atoms with E-state index in [9.17, 15) is 10.0 Å². The van der Waals surface area contributed by atoms with Gasteiger partial charge in [-0.1, -0.05) is 22.6 Å². The quantitative estimate of drug-likeness (QED) is 0.597. The maximum absolute atomic E-state index is 11.4. The van der Waals surface area contributed by atoms with Gasteiger partial charge in [-0.2, -0.15) is 5.06 Å². The first-order valence-corrected chi connectivity index (χ1v) is 7.06. The average Bonchev–Trinajstić information content (AvgIpc) is 2.13. The number of alkyl halides is 1. The van der Waals surface area contributed by atoms with Crippen molar-refractivity contribution in [3.05, 3.63) is 0 Å². The lowest BCUT2D eigenvalue weighted by atomic mass is 9.79. The van der Waals surface area contributed by atoms with E-state index < -0.39 is 0 Å². The van der Waals surface area contributed by atoms with Crippen LogP contribution in [0.5, 0.6) is 0 Å². The van der Waals surface area contributed by atoms with Gasteiger partial charge in [0.05, 0.1) is 4.43 Å². The average molecular weight is 340 g/mol. The number of carbonyl (C=O) groups is 1. The van der Waals surface area contributed by atoms with Gasteiger partial charge in [0.15, 0.2) is 0 Å². The second-order valence-electron chi connectivity index (χ2n) is 5.74. The molecule has 1 saturated heterocycles. The van der Waals surface area contributed by atoms with E-state index >= 15 is 0 Å². The van der Waals surface area contributed by atoms with Crippen molar-refractivity contribution < 1.29 is 10.0 Å². The van der Waals surface area contributed by atoms with E-state index in [1.54, 1.807) is 0 Å². The highest BCUT2D eigenvalue weighted by molar-refractivity contribution is 14.1. The number of carbonyl (C=O) groups excluding carboxylic acids is 1. The minimum absolute atomic E-state index is 0.0728. The molecule has 1 rings (SSSR count). The molecule has 1 fully saturated rings. The Kier molecular flexibility index (Phi) is 4.23. The predicted molar refractivity (Wildman–Crippen MR) is 71.8 cm³/mol. The van der Waals surface area contributed by atoms with Crippen LogP contribution in [0.25, 0.3) is 0 Å². The first-order valence-electron chi connectivity index (χ1n) is 5.53.